The van der Waals surface area contributed by atoms with Crippen molar-refractivity contribution in [2.24, 2.45) is 5.92 Å². The van der Waals surface area contributed by atoms with Gasteiger partial charge in [0.1, 0.15) is 5.76 Å². The second kappa shape index (κ2) is 9.78. The fourth-order valence-electron chi connectivity index (χ4n) is 3.90. The van der Waals surface area contributed by atoms with Crippen molar-refractivity contribution in [3.05, 3.63) is 54.3 Å². The molecular formula is C22H30FN5O. The number of aryl methyl sites for hydroxylation is 2. The zero-order chi connectivity index (χ0) is 20.8. The first-order valence-corrected chi connectivity index (χ1v) is 10.4. The van der Waals surface area contributed by atoms with Crippen LogP contribution in [-0.2, 0) is 0 Å². The Kier molecular flexibility index (Phi) is 7.14. The number of halogens is 1. The minimum absolute atomic E-state index is 0.469. The Bertz CT molecular complexity index is 881. The molecule has 3 aliphatic heterocycles. The predicted molar refractivity (Wildman–Crippen MR) is 111 cm³/mol. The van der Waals surface area contributed by atoms with Crippen molar-refractivity contribution in [3.63, 3.8) is 0 Å². The second-order valence-corrected chi connectivity index (χ2v) is 7.36. The van der Waals surface area contributed by atoms with Crippen molar-refractivity contribution in [1.29, 1.82) is 0 Å². The zero-order valence-corrected chi connectivity index (χ0v) is 17.7. The average molecular weight is 400 g/mol. The van der Waals surface area contributed by atoms with Crippen molar-refractivity contribution >= 4 is 0 Å². The van der Waals surface area contributed by atoms with Gasteiger partial charge in [0.15, 0.2) is 0 Å². The van der Waals surface area contributed by atoms with E-state index in [9.17, 15) is 4.39 Å². The molecule has 29 heavy (non-hydrogen) atoms. The quantitative estimate of drug-likeness (QED) is 0.586. The molecule has 0 radical (unpaired) electrons. The molecule has 0 spiro atoms. The number of aromatic nitrogens is 4. The lowest BCUT2D eigenvalue weighted by Crippen LogP contribution is -2.48. The molecule has 3 aromatic heterocycles. The lowest BCUT2D eigenvalue weighted by Gasteiger charge is -2.44. The topological polar surface area (TPSA) is 60.0 Å². The van der Waals surface area contributed by atoms with Crippen molar-refractivity contribution < 1.29 is 8.81 Å². The van der Waals surface area contributed by atoms with E-state index < -0.39 is 5.95 Å². The van der Waals surface area contributed by atoms with Crippen LogP contribution < -0.4 is 0 Å². The Morgan fingerprint density at radius 2 is 1.86 bits per heavy atom. The van der Waals surface area contributed by atoms with Gasteiger partial charge in [-0.2, -0.15) is 4.39 Å². The molecule has 0 amide bonds. The lowest BCUT2D eigenvalue weighted by molar-refractivity contribution is 0.0504. The van der Waals surface area contributed by atoms with Gasteiger partial charge in [-0.3, -0.25) is 0 Å². The van der Waals surface area contributed by atoms with E-state index in [1.165, 1.54) is 44.7 Å². The van der Waals surface area contributed by atoms with Crippen LogP contribution in [0.4, 0.5) is 4.39 Å². The summed E-state index contributed by atoms with van der Waals surface area (Å²) in [4.78, 5) is 6.10. The minimum atomic E-state index is -0.469. The highest BCUT2D eigenvalue weighted by Gasteiger charge is 2.35. The molecule has 1 unspecified atom stereocenters. The summed E-state index contributed by atoms with van der Waals surface area (Å²) < 4.78 is 19.7. The van der Waals surface area contributed by atoms with E-state index in [4.69, 9.17) is 4.42 Å². The fourth-order valence-corrected chi connectivity index (χ4v) is 3.90. The van der Waals surface area contributed by atoms with E-state index in [0.29, 0.717) is 6.04 Å². The second-order valence-electron chi connectivity index (χ2n) is 7.36. The van der Waals surface area contributed by atoms with E-state index in [2.05, 4.69) is 31.1 Å². The van der Waals surface area contributed by atoms with E-state index >= 15 is 0 Å². The largest absolute Gasteiger partial charge is 0.469 e. The van der Waals surface area contributed by atoms with Crippen molar-refractivity contribution in [2.45, 2.75) is 46.6 Å². The van der Waals surface area contributed by atoms with Gasteiger partial charge in [0.05, 0.1) is 18.0 Å². The van der Waals surface area contributed by atoms with Gasteiger partial charge in [-0.25, -0.2) is 9.67 Å². The van der Waals surface area contributed by atoms with Gasteiger partial charge in [0.25, 0.3) is 0 Å². The van der Waals surface area contributed by atoms with E-state index in [0.717, 1.165) is 28.5 Å². The molecule has 0 aromatic carbocycles. The van der Waals surface area contributed by atoms with Crippen molar-refractivity contribution in [2.75, 3.05) is 19.6 Å². The first kappa shape index (κ1) is 21.2. The van der Waals surface area contributed by atoms with Gasteiger partial charge >= 0.3 is 0 Å². The smallest absolute Gasteiger partial charge is 0.212 e. The van der Waals surface area contributed by atoms with Gasteiger partial charge in [-0.05, 0) is 63.9 Å². The highest BCUT2D eigenvalue weighted by molar-refractivity contribution is 5.61. The van der Waals surface area contributed by atoms with Crippen LogP contribution in [-0.4, -0.2) is 44.5 Å². The minimum Gasteiger partial charge on any atom is -0.469 e. The number of furan rings is 1. The summed E-state index contributed by atoms with van der Waals surface area (Å²) in [6.07, 6.45) is 7.86. The Morgan fingerprint density at radius 3 is 2.34 bits per heavy atom. The zero-order valence-electron chi connectivity index (χ0n) is 17.7. The molecule has 0 aliphatic carbocycles. The van der Waals surface area contributed by atoms with E-state index in [1.807, 2.05) is 33.8 Å². The number of hydrogen-bond donors (Lipinski definition) is 0. The first-order valence-electron chi connectivity index (χ1n) is 10.4. The Morgan fingerprint density at radius 1 is 1.10 bits per heavy atom. The number of nitrogens with zero attached hydrogens (tertiary/aromatic N) is 5. The van der Waals surface area contributed by atoms with Gasteiger partial charge in [-0.1, -0.05) is 19.1 Å². The molecule has 3 aliphatic rings. The summed E-state index contributed by atoms with van der Waals surface area (Å²) in [5.74, 6) is 1.20. The summed E-state index contributed by atoms with van der Waals surface area (Å²) >= 11 is 0. The normalized spacial score (nSPS) is 22.3. The van der Waals surface area contributed by atoms with Crippen LogP contribution in [0, 0.1) is 25.7 Å². The highest BCUT2D eigenvalue weighted by Crippen LogP contribution is 2.34. The SMILES string of the molecule is CC.Cc1cc(-c2ccc(F)nc2)co1.Cc1cn(C2CN3CCC2CC3)nn1. The van der Waals surface area contributed by atoms with Crippen molar-refractivity contribution in [1.82, 2.24) is 24.9 Å². The van der Waals surface area contributed by atoms with E-state index in [-0.39, 0.29) is 0 Å². The Hall–Kier alpha value is -2.54. The van der Waals surface area contributed by atoms with Crippen LogP contribution in [0.5, 0.6) is 0 Å². The third-order valence-corrected chi connectivity index (χ3v) is 5.38. The van der Waals surface area contributed by atoms with E-state index in [1.54, 1.807) is 12.3 Å². The third-order valence-electron chi connectivity index (χ3n) is 5.38. The third kappa shape index (κ3) is 5.29. The predicted octanol–water partition coefficient (Wildman–Crippen LogP) is 4.67. The Balaban J connectivity index is 0.000000153. The Labute approximate surface area is 171 Å². The molecule has 156 valence electrons. The molecule has 3 fully saturated rings. The molecule has 3 aromatic rings. The molecule has 3 saturated heterocycles. The van der Waals surface area contributed by atoms with Crippen LogP contribution in [0.25, 0.3) is 11.1 Å². The van der Waals surface area contributed by atoms with Crippen LogP contribution in [0.15, 0.2) is 41.3 Å². The first-order chi connectivity index (χ1) is 14.1. The number of fused-ring (bicyclic) bond motifs is 3. The van der Waals surface area contributed by atoms with Crippen LogP contribution >= 0.6 is 0 Å². The van der Waals surface area contributed by atoms with Gasteiger partial charge in [0.2, 0.25) is 5.95 Å². The molecule has 0 N–H and O–H groups in total. The van der Waals surface area contributed by atoms with Gasteiger partial charge in [-0.15, -0.1) is 5.10 Å². The lowest BCUT2D eigenvalue weighted by atomic mass is 9.84. The number of piperidine rings is 3. The molecule has 6 heterocycles. The van der Waals surface area contributed by atoms with Gasteiger partial charge < -0.3 is 9.32 Å². The molecule has 6 rings (SSSR count). The molecular weight excluding hydrogens is 369 g/mol. The summed E-state index contributed by atoms with van der Waals surface area (Å²) in [5.41, 5.74) is 2.81. The number of rotatable bonds is 2. The van der Waals surface area contributed by atoms with Crippen LogP contribution in [0.3, 0.4) is 0 Å². The molecule has 0 saturated carbocycles. The van der Waals surface area contributed by atoms with Crippen molar-refractivity contribution in [3.8, 4) is 11.1 Å². The summed E-state index contributed by atoms with van der Waals surface area (Å²) in [6, 6.07) is 5.47. The summed E-state index contributed by atoms with van der Waals surface area (Å²) in [7, 11) is 0. The van der Waals surface area contributed by atoms with Gasteiger partial charge in [0, 0.05) is 30.1 Å². The molecule has 1 atom stereocenters. The summed E-state index contributed by atoms with van der Waals surface area (Å²) in [6.45, 7) is 11.6. The summed E-state index contributed by atoms with van der Waals surface area (Å²) in [5, 5.41) is 8.27. The number of hydrogen-bond acceptors (Lipinski definition) is 5. The average Bonchev–Trinajstić information content (AvgIpc) is 3.40. The maximum Gasteiger partial charge on any atom is 0.212 e. The fraction of sp³-hybridized carbons (Fsp3) is 0.500. The van der Waals surface area contributed by atoms with Crippen LogP contribution in [0.2, 0.25) is 0 Å². The standard InChI is InChI=1S/C10H8FNO.C10H16N4.C2H6/c1-7-4-9(6-13-7)8-2-3-10(11)12-5-8;1-8-6-14(12-11-8)10-7-13-4-2-9(10)3-5-13;1-2/h2-6H,1H3;6,9-10H,2-5,7H2,1H3;1-2H3. The molecule has 7 heteroatoms. The highest BCUT2D eigenvalue weighted by atomic mass is 19.1. The van der Waals surface area contributed by atoms with Crippen LogP contribution in [0.1, 0.15) is 44.2 Å². The molecule has 2 bridgehead atoms. The molecule has 6 nitrogen and oxygen atoms in total. The maximum atomic E-state index is 12.5. The maximum absolute atomic E-state index is 12.5. The number of pyridine rings is 1. The monoisotopic (exact) mass is 399 g/mol.